The number of ether oxygens (including phenoxy) is 3. The molecule has 2 saturated heterocycles. The van der Waals surface area contributed by atoms with Crippen molar-refractivity contribution < 1.29 is 43.6 Å². The quantitative estimate of drug-likeness (QED) is 0.351. The van der Waals surface area contributed by atoms with Crippen LogP contribution in [0.25, 0.3) is 0 Å². The molecule has 0 aliphatic carbocycles. The molecule has 4 atom stereocenters. The van der Waals surface area contributed by atoms with Crippen LogP contribution in [0.1, 0.15) is 27.5 Å². The van der Waals surface area contributed by atoms with Gasteiger partial charge in [0.2, 0.25) is 11.8 Å². The molecule has 2 fully saturated rings. The van der Waals surface area contributed by atoms with Gasteiger partial charge in [-0.05, 0) is 17.2 Å². The molecule has 4 rings (SSSR count). The van der Waals surface area contributed by atoms with Gasteiger partial charge in [0.1, 0.15) is 17.1 Å². The summed E-state index contributed by atoms with van der Waals surface area (Å²) >= 11 is 0. The number of aliphatic hydroxyl groups is 1. The highest BCUT2D eigenvalue weighted by Gasteiger charge is 2.68. The minimum Gasteiger partial charge on any atom is -0.497 e. The summed E-state index contributed by atoms with van der Waals surface area (Å²) in [5.74, 6) is -5.96. The van der Waals surface area contributed by atoms with E-state index in [4.69, 9.17) is 14.2 Å². The number of likely N-dealkylation sites (tertiary alicyclic amines) is 1. The molecular formula is C25H26N2O9. The van der Waals surface area contributed by atoms with Gasteiger partial charge in [-0.2, -0.15) is 0 Å². The van der Waals surface area contributed by atoms with Gasteiger partial charge < -0.3 is 24.4 Å². The lowest BCUT2D eigenvalue weighted by molar-refractivity contribution is -0.153. The number of amides is 2. The van der Waals surface area contributed by atoms with Crippen LogP contribution in [0, 0.1) is 11.8 Å². The Balaban J connectivity index is 1.90. The number of rotatable bonds is 8. The van der Waals surface area contributed by atoms with Crippen molar-refractivity contribution >= 4 is 23.8 Å². The molecule has 11 heteroatoms. The number of carboxylic acid groups (broad SMARTS) is 1. The van der Waals surface area contributed by atoms with E-state index in [0.717, 1.165) is 4.90 Å². The number of carbonyl (C=O) groups is 4. The predicted molar refractivity (Wildman–Crippen MR) is 123 cm³/mol. The van der Waals surface area contributed by atoms with Crippen molar-refractivity contribution in [1.82, 2.24) is 10.2 Å². The molecule has 0 saturated carbocycles. The van der Waals surface area contributed by atoms with Crippen molar-refractivity contribution in [3.8, 4) is 11.5 Å². The van der Waals surface area contributed by atoms with Gasteiger partial charge in [-0.3, -0.25) is 24.6 Å². The molecule has 190 valence electrons. The highest BCUT2D eigenvalue weighted by atomic mass is 16.5. The largest absolute Gasteiger partial charge is 0.497 e. The van der Waals surface area contributed by atoms with Gasteiger partial charge in [0, 0.05) is 12.1 Å². The van der Waals surface area contributed by atoms with Gasteiger partial charge in [-0.15, -0.1) is 0 Å². The van der Waals surface area contributed by atoms with E-state index in [1.54, 1.807) is 30.3 Å². The fraction of sp³-hybridized carbons (Fsp3) is 0.360. The third-order valence-electron chi connectivity index (χ3n) is 6.85. The Morgan fingerprint density at radius 1 is 1.06 bits per heavy atom. The number of carbonyl (C=O) groups excluding carboxylic acids is 3. The molecule has 2 aliphatic heterocycles. The summed E-state index contributed by atoms with van der Waals surface area (Å²) in [5.41, 5.74) is -1.41. The van der Waals surface area contributed by atoms with Crippen LogP contribution in [0.4, 0.5) is 0 Å². The first-order valence-corrected chi connectivity index (χ1v) is 11.1. The second-order valence-electron chi connectivity index (χ2n) is 8.59. The van der Waals surface area contributed by atoms with Gasteiger partial charge in [0.05, 0.1) is 46.3 Å². The highest BCUT2D eigenvalue weighted by Crippen LogP contribution is 2.51. The molecule has 36 heavy (non-hydrogen) atoms. The Morgan fingerprint density at radius 3 is 2.31 bits per heavy atom. The Hall–Kier alpha value is -3.96. The van der Waals surface area contributed by atoms with Crippen molar-refractivity contribution in [2.24, 2.45) is 11.8 Å². The smallest absolute Gasteiger partial charge is 0.341 e. The summed E-state index contributed by atoms with van der Waals surface area (Å²) in [6.45, 7) is -1.03. The highest BCUT2D eigenvalue weighted by molar-refractivity contribution is 6.09. The predicted octanol–water partition coefficient (Wildman–Crippen LogP) is 0.752. The molecule has 3 N–H and O–H groups in total. The van der Waals surface area contributed by atoms with Crippen LogP contribution < -0.4 is 14.8 Å². The first-order chi connectivity index (χ1) is 17.2. The minimum absolute atomic E-state index is 0.0575. The molecular weight excluding hydrogens is 472 g/mol. The van der Waals surface area contributed by atoms with Crippen molar-refractivity contribution in [2.45, 2.75) is 18.1 Å². The zero-order chi connectivity index (χ0) is 26.2. The molecule has 2 amide bonds. The number of methoxy groups -OCH3 is 3. The van der Waals surface area contributed by atoms with Crippen LogP contribution in [-0.2, 0) is 25.7 Å². The standard InChI is InChI=1S/C25H26N2O9/c1-34-14-9-15(17(23(31)36-3)16(10-14)35-2)20-18-19(25(12-28,26-20)24(32)33)22(30)27(21(18)29)11-13-7-5-4-6-8-13/h4-10,18-20,26,28H,11-12H2,1-3H3,(H,32,33). The number of nitrogens with one attached hydrogen (secondary N) is 1. The Morgan fingerprint density at radius 2 is 1.75 bits per heavy atom. The normalized spacial score (nSPS) is 25.0. The van der Waals surface area contributed by atoms with Gasteiger partial charge in [0.15, 0.2) is 5.54 Å². The molecule has 2 heterocycles. The third kappa shape index (κ3) is 3.76. The summed E-state index contributed by atoms with van der Waals surface area (Å²) in [4.78, 5) is 53.5. The maximum absolute atomic E-state index is 13.7. The van der Waals surface area contributed by atoms with Crippen molar-refractivity contribution in [1.29, 1.82) is 0 Å². The Bertz CT molecular complexity index is 1220. The average Bonchev–Trinajstić information content (AvgIpc) is 3.38. The first kappa shape index (κ1) is 25.1. The van der Waals surface area contributed by atoms with Crippen LogP contribution in [0.15, 0.2) is 42.5 Å². The number of hydrogen-bond donors (Lipinski definition) is 3. The molecule has 0 spiro atoms. The van der Waals surface area contributed by atoms with Crippen LogP contribution in [0.2, 0.25) is 0 Å². The van der Waals surface area contributed by atoms with Gasteiger partial charge in [-0.1, -0.05) is 30.3 Å². The van der Waals surface area contributed by atoms with E-state index in [9.17, 15) is 29.4 Å². The Kier molecular flexibility index (Phi) is 6.70. The summed E-state index contributed by atoms with van der Waals surface area (Å²) in [6.07, 6.45) is 0. The summed E-state index contributed by atoms with van der Waals surface area (Å²) in [6, 6.07) is 10.5. The molecule has 4 unspecified atom stereocenters. The Labute approximate surface area is 206 Å². The fourth-order valence-corrected chi connectivity index (χ4v) is 5.12. The average molecular weight is 498 g/mol. The minimum atomic E-state index is -2.17. The molecule has 2 aliphatic rings. The maximum Gasteiger partial charge on any atom is 0.341 e. The molecule has 11 nitrogen and oxygen atoms in total. The van der Waals surface area contributed by atoms with Gasteiger partial charge in [0.25, 0.3) is 0 Å². The fourth-order valence-electron chi connectivity index (χ4n) is 5.12. The van der Waals surface area contributed by atoms with Crippen molar-refractivity contribution in [2.75, 3.05) is 27.9 Å². The number of esters is 1. The lowest BCUT2D eigenvalue weighted by Gasteiger charge is -2.29. The van der Waals surface area contributed by atoms with Crippen molar-refractivity contribution in [3.63, 3.8) is 0 Å². The number of aliphatic hydroxyl groups excluding tert-OH is 1. The van der Waals surface area contributed by atoms with Gasteiger partial charge in [-0.25, -0.2) is 4.79 Å². The van der Waals surface area contributed by atoms with E-state index in [1.807, 2.05) is 0 Å². The molecule has 0 radical (unpaired) electrons. The zero-order valence-corrected chi connectivity index (χ0v) is 19.9. The molecule has 0 aromatic heterocycles. The number of hydrogen-bond acceptors (Lipinski definition) is 9. The van der Waals surface area contributed by atoms with Crippen LogP contribution >= 0.6 is 0 Å². The second-order valence-corrected chi connectivity index (χ2v) is 8.59. The van der Waals surface area contributed by atoms with Crippen LogP contribution in [0.5, 0.6) is 11.5 Å². The van der Waals surface area contributed by atoms with E-state index in [0.29, 0.717) is 5.56 Å². The topological polar surface area (TPSA) is 152 Å². The number of benzene rings is 2. The summed E-state index contributed by atoms with van der Waals surface area (Å²) in [7, 11) is 3.89. The first-order valence-electron chi connectivity index (χ1n) is 11.1. The lowest BCUT2D eigenvalue weighted by Crippen LogP contribution is -2.58. The lowest BCUT2D eigenvalue weighted by atomic mass is 9.79. The van der Waals surface area contributed by atoms with E-state index in [2.05, 4.69) is 5.32 Å². The van der Waals surface area contributed by atoms with Crippen LogP contribution in [0.3, 0.4) is 0 Å². The zero-order valence-electron chi connectivity index (χ0n) is 19.9. The van der Waals surface area contributed by atoms with Gasteiger partial charge >= 0.3 is 11.9 Å². The SMILES string of the molecule is COC(=O)c1c(OC)cc(OC)cc1C1NC(CO)(C(=O)O)C2C(=O)N(Cc3ccccc3)C(=O)C12. The van der Waals surface area contributed by atoms with Crippen LogP contribution in [-0.4, -0.2) is 72.3 Å². The van der Waals surface area contributed by atoms with E-state index < -0.39 is 53.8 Å². The summed E-state index contributed by atoms with van der Waals surface area (Å²) in [5, 5.41) is 23.2. The monoisotopic (exact) mass is 498 g/mol. The van der Waals surface area contributed by atoms with E-state index in [1.165, 1.54) is 33.5 Å². The van der Waals surface area contributed by atoms with E-state index >= 15 is 0 Å². The van der Waals surface area contributed by atoms with Crippen molar-refractivity contribution in [3.05, 3.63) is 59.2 Å². The van der Waals surface area contributed by atoms with E-state index in [-0.39, 0.29) is 29.2 Å². The number of fused-ring (bicyclic) bond motifs is 1. The maximum atomic E-state index is 13.7. The number of imide groups is 1. The number of nitrogens with zero attached hydrogens (tertiary/aromatic N) is 1. The summed E-state index contributed by atoms with van der Waals surface area (Å²) < 4.78 is 15.6. The third-order valence-corrected chi connectivity index (χ3v) is 6.85. The second kappa shape index (κ2) is 9.59. The molecule has 2 aromatic carbocycles. The number of aliphatic carboxylic acids is 1. The molecule has 2 aromatic rings. The number of carboxylic acids is 1. The molecule has 0 bridgehead atoms.